The van der Waals surface area contributed by atoms with Gasteiger partial charge in [0.05, 0.1) is 51.4 Å². The molecule has 2 aliphatic rings. The molecule has 2 aliphatic heterocycles. The van der Waals surface area contributed by atoms with Crippen LogP contribution in [0.15, 0.2) is 0 Å². The zero-order valence-electron chi connectivity index (χ0n) is 18.6. The maximum atomic E-state index is 10.8. The second-order valence-electron chi connectivity index (χ2n) is 5.38. The minimum Gasteiger partial charge on any atom is -0.412 e. The summed E-state index contributed by atoms with van der Waals surface area (Å²) in [7, 11) is 0. The third-order valence-electron chi connectivity index (χ3n) is 3.04. The maximum absolute atomic E-state index is 10.8. The number of rotatable bonds is 0. The fourth-order valence-electron chi connectivity index (χ4n) is 1.73. The lowest BCUT2D eigenvalue weighted by molar-refractivity contribution is -0.168. The van der Waals surface area contributed by atoms with Crippen LogP contribution in [0.2, 0.25) is 0 Å². The summed E-state index contributed by atoms with van der Waals surface area (Å²) in [6.45, 7) is 0. The molecular weight excluding hydrogens is 624 g/mol. The first-order valence-electron chi connectivity index (χ1n) is 8.09. The molecule has 2 fully saturated rings. The van der Waals surface area contributed by atoms with Crippen LogP contribution in [0.25, 0.3) is 0 Å². The van der Waals surface area contributed by atoms with Crippen LogP contribution < -0.4 is 0 Å². The molecular formula is C20H48O16S4. The summed E-state index contributed by atoms with van der Waals surface area (Å²) in [6.07, 6.45) is -2.02. The average Bonchev–Trinajstić information content (AvgIpc) is 2.61. The van der Waals surface area contributed by atoms with Crippen LogP contribution in [-0.2, 0) is 57.3 Å². The monoisotopic (exact) mass is 672 g/mol. The summed E-state index contributed by atoms with van der Waals surface area (Å²) < 4.78 is 17.1. The van der Waals surface area contributed by atoms with Crippen molar-refractivity contribution in [2.24, 2.45) is 0 Å². The third kappa shape index (κ3) is 37.9. The molecule has 0 spiro atoms. The minimum atomic E-state index is -0.777. The van der Waals surface area contributed by atoms with Gasteiger partial charge in [-0.3, -0.25) is 38.4 Å². The van der Waals surface area contributed by atoms with E-state index in [-0.39, 0.29) is 157 Å². The van der Waals surface area contributed by atoms with Crippen molar-refractivity contribution in [1.82, 2.24) is 0 Å². The Morgan fingerprint density at radius 3 is 0.425 bits per heavy atom. The summed E-state index contributed by atoms with van der Waals surface area (Å²) in [5.41, 5.74) is 0. The number of carbonyl (C=O) groups excluding carboxylic acids is 8. The van der Waals surface area contributed by atoms with Gasteiger partial charge in [-0.05, 0) is 0 Å². The highest BCUT2D eigenvalue weighted by Gasteiger charge is 2.20. The number of carbonyl (C=O) groups is 8. The molecule has 0 atom stereocenters. The first kappa shape index (κ1) is 76.9. The molecule has 0 amide bonds. The molecule has 2 heterocycles. The van der Waals surface area contributed by atoms with E-state index in [4.69, 9.17) is 0 Å². The van der Waals surface area contributed by atoms with Crippen LogP contribution in [0, 0.1) is 0 Å². The van der Waals surface area contributed by atoms with Gasteiger partial charge in [0.1, 0.15) is 0 Å². The number of cyclic esters (lactones) is 8. The molecule has 0 unspecified atom stereocenters. The summed E-state index contributed by atoms with van der Waals surface area (Å²) in [6, 6.07) is 0. The Bertz CT molecular complexity index is 555. The fraction of sp³-hybridized carbons (Fsp3) is 0.600. The van der Waals surface area contributed by atoms with Gasteiger partial charge in [0.2, 0.25) is 0 Å². The Morgan fingerprint density at radius 1 is 0.275 bits per heavy atom. The van der Waals surface area contributed by atoms with Gasteiger partial charge in [-0.1, -0.05) is 29.7 Å². The standard InChI is InChI=1S/2C8H8O6.4CH4.4H2O.4H2S/c2*9-5-1-2-6(10)14-8(12)4-3-7(11)13-5;;;;;;;;;;;;/h2*1-4H2;4*1H4;8*1H2. The zero-order chi connectivity index (χ0) is 21.1. The van der Waals surface area contributed by atoms with E-state index >= 15 is 0 Å². The van der Waals surface area contributed by atoms with Crippen LogP contribution in [0.5, 0.6) is 0 Å². The molecule has 8 N–H and O–H groups in total. The molecule has 0 bridgehead atoms. The van der Waals surface area contributed by atoms with E-state index in [2.05, 4.69) is 18.9 Å². The van der Waals surface area contributed by atoms with E-state index in [0.29, 0.717) is 0 Å². The van der Waals surface area contributed by atoms with Crippen LogP contribution in [0.3, 0.4) is 0 Å². The lowest BCUT2D eigenvalue weighted by Crippen LogP contribution is -2.20. The Hall–Kier alpha value is -2.20. The topological polar surface area (TPSA) is 299 Å². The van der Waals surface area contributed by atoms with E-state index in [9.17, 15) is 38.4 Å². The third-order valence-corrected chi connectivity index (χ3v) is 3.04. The van der Waals surface area contributed by atoms with Gasteiger partial charge in [-0.25, -0.2) is 0 Å². The first-order chi connectivity index (χ1) is 13.2. The first-order valence-corrected chi connectivity index (χ1v) is 8.09. The van der Waals surface area contributed by atoms with Crippen molar-refractivity contribution in [2.75, 3.05) is 0 Å². The normalized spacial score (nSPS) is 14.0. The Kier molecular flexibility index (Phi) is 79.4. The van der Waals surface area contributed by atoms with E-state index in [1.54, 1.807) is 0 Å². The van der Waals surface area contributed by atoms with Crippen LogP contribution in [0.4, 0.5) is 0 Å². The van der Waals surface area contributed by atoms with Gasteiger partial charge in [-0.15, -0.1) is 0 Å². The molecule has 2 rings (SSSR count). The quantitative estimate of drug-likeness (QED) is 0.172. The van der Waals surface area contributed by atoms with Gasteiger partial charge >= 0.3 is 47.8 Å². The molecule has 0 radical (unpaired) electrons. The minimum absolute atomic E-state index is 0. The van der Waals surface area contributed by atoms with Crippen LogP contribution in [0.1, 0.15) is 81.1 Å². The molecule has 0 saturated carbocycles. The number of esters is 8. The average molecular weight is 673 g/mol. The van der Waals surface area contributed by atoms with E-state index in [0.717, 1.165) is 0 Å². The smallest absolute Gasteiger partial charge is 0.314 e. The molecule has 0 aliphatic carbocycles. The van der Waals surface area contributed by atoms with Crippen molar-refractivity contribution in [3.8, 4) is 0 Å². The highest BCUT2D eigenvalue weighted by Crippen LogP contribution is 2.05. The summed E-state index contributed by atoms with van der Waals surface area (Å²) in [5, 5.41) is 0. The molecule has 20 heteroatoms. The Balaban J connectivity index is -0.0000000302. The van der Waals surface area contributed by atoms with Crippen molar-refractivity contribution in [3.63, 3.8) is 0 Å². The van der Waals surface area contributed by atoms with Gasteiger partial charge in [0, 0.05) is 0 Å². The number of hydrogen-bond donors (Lipinski definition) is 0. The van der Waals surface area contributed by atoms with Crippen LogP contribution in [-0.4, -0.2) is 69.7 Å². The van der Waals surface area contributed by atoms with Gasteiger partial charge in [0.15, 0.2) is 0 Å². The second-order valence-corrected chi connectivity index (χ2v) is 5.38. The maximum Gasteiger partial charge on any atom is 0.314 e. The molecule has 2 saturated heterocycles. The Morgan fingerprint density at radius 2 is 0.350 bits per heavy atom. The summed E-state index contributed by atoms with van der Waals surface area (Å²) in [4.78, 5) is 86.4. The van der Waals surface area contributed by atoms with Crippen molar-refractivity contribution >= 4 is 102 Å². The molecule has 0 aromatic rings. The van der Waals surface area contributed by atoms with Gasteiger partial charge < -0.3 is 40.9 Å². The highest BCUT2D eigenvalue weighted by atomic mass is 32.1. The van der Waals surface area contributed by atoms with Crippen molar-refractivity contribution in [1.29, 1.82) is 0 Å². The van der Waals surface area contributed by atoms with Gasteiger partial charge in [-0.2, -0.15) is 54.0 Å². The second kappa shape index (κ2) is 41.3. The molecule has 16 nitrogen and oxygen atoms in total. The Labute approximate surface area is 261 Å². The van der Waals surface area contributed by atoms with Crippen molar-refractivity contribution < 1.29 is 79.2 Å². The largest absolute Gasteiger partial charge is 0.412 e. The summed E-state index contributed by atoms with van der Waals surface area (Å²) in [5.74, 6) is -6.21. The van der Waals surface area contributed by atoms with E-state index < -0.39 is 47.8 Å². The van der Waals surface area contributed by atoms with E-state index in [1.165, 1.54) is 0 Å². The number of ether oxygens (including phenoxy) is 4. The predicted molar refractivity (Wildman–Crippen MR) is 164 cm³/mol. The molecule has 40 heavy (non-hydrogen) atoms. The number of hydrogen-bond acceptors (Lipinski definition) is 12. The summed E-state index contributed by atoms with van der Waals surface area (Å²) >= 11 is 0. The SMILES string of the molecule is C.C.C.C.O.O.O.O.O=C1CCC(=O)OC(=O)CCC(=O)O1.O=C1CCC(=O)OC(=O)CCC(=O)O1.S.S.S.S. The fourth-order valence-corrected chi connectivity index (χ4v) is 1.73. The van der Waals surface area contributed by atoms with Crippen molar-refractivity contribution in [2.45, 2.75) is 81.1 Å². The van der Waals surface area contributed by atoms with Gasteiger partial charge in [0.25, 0.3) is 0 Å². The van der Waals surface area contributed by atoms with E-state index in [1.807, 2.05) is 0 Å². The molecule has 0 aromatic heterocycles. The predicted octanol–water partition coefficient (Wildman–Crippen LogP) is -0.903. The lowest BCUT2D eigenvalue weighted by atomic mass is 10.3. The lowest BCUT2D eigenvalue weighted by Gasteiger charge is -2.06. The van der Waals surface area contributed by atoms with Crippen molar-refractivity contribution in [3.05, 3.63) is 0 Å². The molecule has 248 valence electrons. The zero-order valence-corrected chi connectivity index (χ0v) is 22.6. The molecule has 0 aromatic carbocycles. The highest BCUT2D eigenvalue weighted by molar-refractivity contribution is 7.59. The van der Waals surface area contributed by atoms with Crippen LogP contribution >= 0.6 is 54.0 Å².